The fourth-order valence-corrected chi connectivity index (χ4v) is 2.45. The average molecular weight is 386 g/mol. The van der Waals surface area contributed by atoms with E-state index >= 15 is 0 Å². The molecule has 0 aliphatic heterocycles. The highest BCUT2D eigenvalue weighted by Crippen LogP contribution is 2.34. The van der Waals surface area contributed by atoms with Gasteiger partial charge in [0.2, 0.25) is 0 Å². The highest BCUT2D eigenvalue weighted by atomic mass is 35.5. The molecule has 0 saturated heterocycles. The standard InChI is InChI=1S/C19H19ClF3NO2/c1-4-17(26-14-7-5-11(2)12(3)9-14)18(25)24-16-10-13(19(21,22)23)6-8-15(16)20/h5-10,17H,4H2,1-3H3,(H,24,25)/t17-/m1/s1. The maximum atomic E-state index is 12.8. The van der Waals surface area contributed by atoms with Crippen molar-refractivity contribution in [3.05, 3.63) is 58.1 Å². The van der Waals surface area contributed by atoms with Crippen molar-refractivity contribution in [3.8, 4) is 5.75 Å². The van der Waals surface area contributed by atoms with Crippen molar-refractivity contribution in [2.75, 3.05) is 5.32 Å². The van der Waals surface area contributed by atoms with Gasteiger partial charge in [0.1, 0.15) is 5.75 Å². The van der Waals surface area contributed by atoms with Crippen molar-refractivity contribution in [1.82, 2.24) is 0 Å². The van der Waals surface area contributed by atoms with E-state index in [1.807, 2.05) is 26.0 Å². The van der Waals surface area contributed by atoms with Crippen molar-refractivity contribution >= 4 is 23.2 Å². The van der Waals surface area contributed by atoms with Crippen molar-refractivity contribution in [1.29, 1.82) is 0 Å². The minimum atomic E-state index is -4.52. The van der Waals surface area contributed by atoms with E-state index in [0.717, 1.165) is 29.3 Å². The van der Waals surface area contributed by atoms with Crippen LogP contribution in [-0.4, -0.2) is 12.0 Å². The zero-order valence-electron chi connectivity index (χ0n) is 14.6. The number of amides is 1. The van der Waals surface area contributed by atoms with Crippen molar-refractivity contribution < 1.29 is 22.7 Å². The first-order chi connectivity index (χ1) is 12.1. The maximum Gasteiger partial charge on any atom is 0.416 e. The summed E-state index contributed by atoms with van der Waals surface area (Å²) in [6.07, 6.45) is -5.04. The summed E-state index contributed by atoms with van der Waals surface area (Å²) in [5, 5.41) is 2.44. The zero-order chi connectivity index (χ0) is 19.5. The molecule has 0 unspecified atom stereocenters. The fourth-order valence-electron chi connectivity index (χ4n) is 2.28. The second kappa shape index (κ2) is 7.99. The summed E-state index contributed by atoms with van der Waals surface area (Å²) in [7, 11) is 0. The first-order valence-corrected chi connectivity index (χ1v) is 8.41. The molecule has 0 spiro atoms. The number of halogens is 4. The highest BCUT2D eigenvalue weighted by Gasteiger charge is 2.31. The topological polar surface area (TPSA) is 38.3 Å². The summed E-state index contributed by atoms with van der Waals surface area (Å²) in [5.74, 6) is -0.0443. The van der Waals surface area contributed by atoms with Gasteiger partial charge in [0.15, 0.2) is 6.10 Å². The van der Waals surface area contributed by atoms with Gasteiger partial charge in [-0.05, 0) is 61.7 Å². The Bertz CT molecular complexity index is 806. The summed E-state index contributed by atoms with van der Waals surface area (Å²) in [5.41, 5.74) is 1.11. The quantitative estimate of drug-likeness (QED) is 0.709. The number of anilines is 1. The molecule has 0 aliphatic rings. The molecule has 2 aromatic carbocycles. The van der Waals surface area contributed by atoms with Crippen LogP contribution in [0.5, 0.6) is 5.75 Å². The van der Waals surface area contributed by atoms with Crippen LogP contribution in [-0.2, 0) is 11.0 Å². The first-order valence-electron chi connectivity index (χ1n) is 8.03. The average Bonchev–Trinajstić information content (AvgIpc) is 2.56. The molecule has 140 valence electrons. The van der Waals surface area contributed by atoms with Crippen LogP contribution in [0.15, 0.2) is 36.4 Å². The van der Waals surface area contributed by atoms with Crippen LogP contribution in [0, 0.1) is 13.8 Å². The third kappa shape index (κ3) is 4.91. The van der Waals surface area contributed by atoms with Gasteiger partial charge in [-0.15, -0.1) is 0 Å². The van der Waals surface area contributed by atoms with E-state index < -0.39 is 23.8 Å². The van der Waals surface area contributed by atoms with Gasteiger partial charge in [0, 0.05) is 0 Å². The largest absolute Gasteiger partial charge is 0.481 e. The first kappa shape index (κ1) is 20.1. The van der Waals surface area contributed by atoms with E-state index in [1.165, 1.54) is 0 Å². The van der Waals surface area contributed by atoms with E-state index in [4.69, 9.17) is 16.3 Å². The molecule has 3 nitrogen and oxygen atoms in total. The third-order valence-electron chi connectivity index (χ3n) is 3.97. The van der Waals surface area contributed by atoms with E-state index in [0.29, 0.717) is 12.2 Å². The highest BCUT2D eigenvalue weighted by molar-refractivity contribution is 6.33. The van der Waals surface area contributed by atoms with Gasteiger partial charge in [0.05, 0.1) is 16.3 Å². The molecule has 0 radical (unpaired) electrons. The van der Waals surface area contributed by atoms with Crippen LogP contribution >= 0.6 is 11.6 Å². The van der Waals surface area contributed by atoms with Gasteiger partial charge in [-0.2, -0.15) is 13.2 Å². The van der Waals surface area contributed by atoms with Gasteiger partial charge in [-0.25, -0.2) is 0 Å². The molecular formula is C19H19ClF3NO2. The molecule has 26 heavy (non-hydrogen) atoms. The number of hydrogen-bond donors (Lipinski definition) is 1. The number of hydrogen-bond acceptors (Lipinski definition) is 2. The normalized spacial score (nSPS) is 12.6. The molecule has 2 rings (SSSR count). The van der Waals surface area contributed by atoms with Crippen LogP contribution in [0.25, 0.3) is 0 Å². The lowest BCUT2D eigenvalue weighted by atomic mass is 10.1. The molecule has 7 heteroatoms. The number of ether oxygens (including phenoxy) is 1. The Hall–Kier alpha value is -2.21. The molecule has 0 bridgehead atoms. The number of aryl methyl sites for hydroxylation is 2. The van der Waals surface area contributed by atoms with Gasteiger partial charge in [-0.3, -0.25) is 4.79 Å². The Morgan fingerprint density at radius 1 is 1.15 bits per heavy atom. The van der Waals surface area contributed by atoms with E-state index in [9.17, 15) is 18.0 Å². The molecule has 1 amide bonds. The van der Waals surface area contributed by atoms with Gasteiger partial charge >= 0.3 is 6.18 Å². The van der Waals surface area contributed by atoms with E-state index in [1.54, 1.807) is 13.0 Å². The Morgan fingerprint density at radius 2 is 1.85 bits per heavy atom. The number of rotatable bonds is 5. The number of nitrogens with one attached hydrogen (secondary N) is 1. The van der Waals surface area contributed by atoms with Crippen molar-refractivity contribution in [2.24, 2.45) is 0 Å². The van der Waals surface area contributed by atoms with Crippen LogP contribution < -0.4 is 10.1 Å². The Balaban J connectivity index is 2.17. The van der Waals surface area contributed by atoms with Crippen LogP contribution in [0.1, 0.15) is 30.0 Å². The number of carbonyl (C=O) groups excluding carboxylic acids is 1. The maximum absolute atomic E-state index is 12.8. The third-order valence-corrected chi connectivity index (χ3v) is 4.30. The minimum Gasteiger partial charge on any atom is -0.481 e. The van der Waals surface area contributed by atoms with Crippen molar-refractivity contribution in [2.45, 2.75) is 39.5 Å². The molecule has 0 heterocycles. The van der Waals surface area contributed by atoms with E-state index in [2.05, 4.69) is 5.32 Å². The SMILES string of the molecule is CC[C@@H](Oc1ccc(C)c(C)c1)C(=O)Nc1cc(C(F)(F)F)ccc1Cl. The lowest BCUT2D eigenvalue weighted by Gasteiger charge is -2.19. The molecule has 0 aromatic heterocycles. The fraction of sp³-hybridized carbons (Fsp3) is 0.316. The summed E-state index contributed by atoms with van der Waals surface area (Å²) in [4.78, 5) is 12.4. The summed E-state index contributed by atoms with van der Waals surface area (Å²) >= 11 is 5.91. The lowest BCUT2D eigenvalue weighted by Crippen LogP contribution is -2.32. The second-order valence-electron chi connectivity index (χ2n) is 5.94. The number of benzene rings is 2. The summed E-state index contributed by atoms with van der Waals surface area (Å²) < 4.78 is 44.2. The van der Waals surface area contributed by atoms with Crippen molar-refractivity contribution in [3.63, 3.8) is 0 Å². The zero-order valence-corrected chi connectivity index (χ0v) is 15.3. The van der Waals surface area contributed by atoms with Gasteiger partial charge < -0.3 is 10.1 Å². The molecular weight excluding hydrogens is 367 g/mol. The molecule has 2 aromatic rings. The molecule has 0 fully saturated rings. The smallest absolute Gasteiger partial charge is 0.416 e. The van der Waals surface area contributed by atoms with Crippen LogP contribution in [0.3, 0.4) is 0 Å². The van der Waals surface area contributed by atoms with Gasteiger partial charge in [-0.1, -0.05) is 24.6 Å². The Labute approximate surface area is 155 Å². The van der Waals surface area contributed by atoms with Crippen LogP contribution in [0.2, 0.25) is 5.02 Å². The second-order valence-corrected chi connectivity index (χ2v) is 6.35. The molecule has 1 atom stereocenters. The van der Waals surface area contributed by atoms with Gasteiger partial charge in [0.25, 0.3) is 5.91 Å². The predicted molar refractivity (Wildman–Crippen MR) is 95.7 cm³/mol. The molecule has 0 aliphatic carbocycles. The Morgan fingerprint density at radius 3 is 2.42 bits per heavy atom. The van der Waals surface area contributed by atoms with E-state index in [-0.39, 0.29) is 10.7 Å². The minimum absolute atomic E-state index is 0.0207. The summed E-state index contributed by atoms with van der Waals surface area (Å²) in [6.45, 7) is 5.63. The lowest BCUT2D eigenvalue weighted by molar-refractivity contribution is -0.137. The summed E-state index contributed by atoms with van der Waals surface area (Å²) in [6, 6.07) is 8.20. The molecule has 0 saturated carbocycles. The Kier molecular flexibility index (Phi) is 6.18. The molecule has 1 N–H and O–H groups in total. The number of alkyl halides is 3. The predicted octanol–water partition coefficient (Wildman–Crippen LogP) is 5.77. The monoisotopic (exact) mass is 385 g/mol. The number of carbonyl (C=O) groups is 1. The van der Waals surface area contributed by atoms with Crippen LogP contribution in [0.4, 0.5) is 18.9 Å².